The molecular formula is C19H20O5S. The molecule has 25 heavy (non-hydrogen) atoms. The van der Waals surface area contributed by atoms with Gasteiger partial charge in [-0.25, -0.2) is 9.59 Å². The van der Waals surface area contributed by atoms with Crippen LogP contribution in [0.25, 0.3) is 0 Å². The molecule has 0 heterocycles. The van der Waals surface area contributed by atoms with E-state index in [0.29, 0.717) is 23.7 Å². The number of hydrogen-bond donors (Lipinski definition) is 1. The molecule has 5 nitrogen and oxygen atoms in total. The molecule has 2 aromatic rings. The van der Waals surface area contributed by atoms with Crippen LogP contribution in [0.15, 0.2) is 48.5 Å². The van der Waals surface area contributed by atoms with E-state index in [2.05, 4.69) is 0 Å². The Labute approximate surface area is 149 Å². The lowest BCUT2D eigenvalue weighted by molar-refractivity contribution is 0.0504. The highest BCUT2D eigenvalue weighted by Gasteiger charge is 2.10. The van der Waals surface area contributed by atoms with Crippen LogP contribution in [0.3, 0.4) is 0 Å². The molecule has 0 aliphatic heterocycles. The van der Waals surface area contributed by atoms with Crippen molar-refractivity contribution in [2.24, 2.45) is 0 Å². The van der Waals surface area contributed by atoms with Gasteiger partial charge in [0.2, 0.25) is 0 Å². The minimum Gasteiger partial charge on any atom is -0.478 e. The fourth-order valence-corrected chi connectivity index (χ4v) is 3.45. The van der Waals surface area contributed by atoms with Gasteiger partial charge in [-0.2, -0.15) is 0 Å². The molecule has 0 aliphatic rings. The Balaban J connectivity index is 1.98. The molecule has 2 rings (SSSR count). The molecule has 6 heteroatoms. The highest BCUT2D eigenvalue weighted by atomic mass is 32.2. The van der Waals surface area contributed by atoms with Gasteiger partial charge in [-0.05, 0) is 41.8 Å². The van der Waals surface area contributed by atoms with Crippen LogP contribution in [0.2, 0.25) is 0 Å². The van der Waals surface area contributed by atoms with Crippen LogP contribution in [0.1, 0.15) is 45.2 Å². The van der Waals surface area contributed by atoms with Crippen molar-refractivity contribution in [1.29, 1.82) is 0 Å². The summed E-state index contributed by atoms with van der Waals surface area (Å²) < 4.78 is 17.4. The third kappa shape index (κ3) is 5.83. The summed E-state index contributed by atoms with van der Waals surface area (Å²) in [6.07, 6.45) is 0.760. The molecule has 0 radical (unpaired) electrons. The predicted molar refractivity (Wildman–Crippen MR) is 96.0 cm³/mol. The van der Waals surface area contributed by atoms with Crippen LogP contribution in [-0.4, -0.2) is 27.9 Å². The fourth-order valence-electron chi connectivity index (χ4n) is 2.23. The minimum atomic E-state index is -1.17. The number of hydrogen-bond acceptors (Lipinski definition) is 4. The zero-order chi connectivity index (χ0) is 18.2. The Kier molecular flexibility index (Phi) is 6.89. The van der Waals surface area contributed by atoms with E-state index in [-0.39, 0.29) is 11.5 Å². The van der Waals surface area contributed by atoms with E-state index in [4.69, 9.17) is 9.84 Å². The Morgan fingerprint density at radius 2 is 1.68 bits per heavy atom. The normalized spacial score (nSPS) is 11.7. The molecular weight excluding hydrogens is 340 g/mol. The van der Waals surface area contributed by atoms with Crippen molar-refractivity contribution < 1.29 is 23.6 Å². The zero-order valence-electron chi connectivity index (χ0n) is 13.9. The number of carbonyl (C=O) groups is 2. The summed E-state index contributed by atoms with van der Waals surface area (Å²) in [6.45, 7) is 2.30. The zero-order valence-corrected chi connectivity index (χ0v) is 14.8. The van der Waals surface area contributed by atoms with Gasteiger partial charge in [0.15, 0.2) is 0 Å². The van der Waals surface area contributed by atoms with Crippen LogP contribution in [-0.2, 0) is 27.0 Å². The van der Waals surface area contributed by atoms with E-state index in [1.54, 1.807) is 30.3 Å². The van der Waals surface area contributed by atoms with Gasteiger partial charge in [0.25, 0.3) is 0 Å². The van der Waals surface area contributed by atoms with Crippen molar-refractivity contribution in [2.45, 2.75) is 24.9 Å². The lowest BCUT2D eigenvalue weighted by Gasteiger charge is -2.07. The Hall–Kier alpha value is -2.47. The monoisotopic (exact) mass is 360 g/mol. The average molecular weight is 360 g/mol. The molecule has 0 bridgehead atoms. The maximum Gasteiger partial charge on any atom is 0.338 e. The highest BCUT2D eigenvalue weighted by Crippen LogP contribution is 2.13. The summed E-state index contributed by atoms with van der Waals surface area (Å²) in [4.78, 5) is 22.7. The summed E-state index contributed by atoms with van der Waals surface area (Å²) in [5.41, 5.74) is 2.26. The van der Waals surface area contributed by atoms with Crippen LogP contribution in [0.5, 0.6) is 0 Å². The lowest BCUT2D eigenvalue weighted by Crippen LogP contribution is -2.07. The van der Waals surface area contributed by atoms with E-state index < -0.39 is 16.8 Å². The summed E-state index contributed by atoms with van der Waals surface area (Å²) >= 11 is 0. The van der Waals surface area contributed by atoms with Crippen molar-refractivity contribution in [1.82, 2.24) is 0 Å². The average Bonchev–Trinajstić information content (AvgIpc) is 2.60. The van der Waals surface area contributed by atoms with E-state index in [1.165, 1.54) is 12.1 Å². The van der Waals surface area contributed by atoms with E-state index in [1.807, 2.05) is 13.0 Å². The summed E-state index contributed by atoms with van der Waals surface area (Å²) in [7, 11) is -1.17. The predicted octanol–water partition coefficient (Wildman–Crippen LogP) is 3.40. The third-order valence-electron chi connectivity index (χ3n) is 3.46. The molecule has 0 aliphatic carbocycles. The molecule has 0 aromatic heterocycles. The van der Waals surface area contributed by atoms with Crippen molar-refractivity contribution in [3.05, 3.63) is 70.8 Å². The third-order valence-corrected chi connectivity index (χ3v) is 4.77. The highest BCUT2D eigenvalue weighted by molar-refractivity contribution is 7.83. The smallest absolute Gasteiger partial charge is 0.338 e. The van der Waals surface area contributed by atoms with E-state index >= 15 is 0 Å². The first-order valence-electron chi connectivity index (χ1n) is 7.93. The largest absolute Gasteiger partial charge is 0.478 e. The van der Waals surface area contributed by atoms with Crippen LogP contribution < -0.4 is 0 Å². The summed E-state index contributed by atoms with van der Waals surface area (Å²) in [6, 6.07) is 13.3. The first-order chi connectivity index (χ1) is 12.0. The first kappa shape index (κ1) is 18.9. The Bertz CT molecular complexity index is 768. The number of carbonyl (C=O) groups excluding carboxylic acids is 1. The van der Waals surface area contributed by atoms with E-state index in [9.17, 15) is 13.8 Å². The topological polar surface area (TPSA) is 80.7 Å². The Morgan fingerprint density at radius 1 is 1.00 bits per heavy atom. The van der Waals surface area contributed by atoms with Crippen molar-refractivity contribution in [3.8, 4) is 0 Å². The molecule has 2 aromatic carbocycles. The molecule has 1 N–H and O–H groups in total. The number of ether oxygens (including phenoxy) is 1. The molecule has 0 saturated carbocycles. The molecule has 0 fully saturated rings. The van der Waals surface area contributed by atoms with Crippen molar-refractivity contribution >= 4 is 22.7 Å². The molecule has 1 unspecified atom stereocenters. The minimum absolute atomic E-state index is 0.202. The number of carboxylic acids is 1. The van der Waals surface area contributed by atoms with Crippen LogP contribution in [0, 0.1) is 0 Å². The van der Waals surface area contributed by atoms with Gasteiger partial charge < -0.3 is 9.84 Å². The number of rotatable bonds is 8. The number of carboxylic acid groups (broad SMARTS) is 1. The summed E-state index contributed by atoms with van der Waals surface area (Å²) in [5, 5.41) is 8.88. The van der Waals surface area contributed by atoms with Gasteiger partial charge in [-0.15, -0.1) is 0 Å². The van der Waals surface area contributed by atoms with Crippen molar-refractivity contribution in [3.63, 3.8) is 0 Å². The second kappa shape index (κ2) is 9.13. The number of esters is 1. The van der Waals surface area contributed by atoms with Crippen LogP contribution >= 0.6 is 0 Å². The van der Waals surface area contributed by atoms with Gasteiger partial charge in [-0.1, -0.05) is 31.2 Å². The SMILES string of the molecule is CCCOC(=O)c1cccc(CS(=O)Cc2ccc(C(=O)O)cc2)c1. The lowest BCUT2D eigenvalue weighted by atomic mass is 10.1. The Morgan fingerprint density at radius 3 is 2.32 bits per heavy atom. The van der Waals surface area contributed by atoms with Crippen LogP contribution in [0.4, 0.5) is 0 Å². The number of benzene rings is 2. The van der Waals surface area contributed by atoms with Crippen molar-refractivity contribution in [2.75, 3.05) is 6.61 Å². The molecule has 1 atom stereocenters. The molecule has 0 spiro atoms. The first-order valence-corrected chi connectivity index (χ1v) is 9.41. The van der Waals surface area contributed by atoms with Gasteiger partial charge >= 0.3 is 11.9 Å². The second-order valence-electron chi connectivity index (χ2n) is 5.57. The summed E-state index contributed by atoms with van der Waals surface area (Å²) in [5.74, 6) is -0.724. The van der Waals surface area contributed by atoms with Gasteiger partial charge in [0.05, 0.1) is 17.7 Å². The molecule has 132 valence electrons. The number of aromatic carboxylic acids is 1. The van der Waals surface area contributed by atoms with E-state index in [0.717, 1.165) is 17.5 Å². The van der Waals surface area contributed by atoms with Gasteiger partial charge in [0.1, 0.15) is 0 Å². The van der Waals surface area contributed by atoms with Gasteiger partial charge in [0, 0.05) is 22.3 Å². The quantitative estimate of drug-likeness (QED) is 0.730. The fraction of sp³-hybridized carbons (Fsp3) is 0.263. The van der Waals surface area contributed by atoms with Gasteiger partial charge in [-0.3, -0.25) is 4.21 Å². The molecule has 0 saturated heterocycles. The maximum atomic E-state index is 12.3. The standard InChI is InChI=1S/C19H20O5S/c1-2-10-24-19(22)17-5-3-4-15(11-17)13-25(23)12-14-6-8-16(9-7-14)18(20)21/h3-9,11H,2,10,12-13H2,1H3,(H,20,21). The maximum absolute atomic E-state index is 12.3. The second-order valence-corrected chi connectivity index (χ2v) is 7.02. The molecule has 0 amide bonds.